The minimum absolute atomic E-state index is 0.414. The van der Waals surface area contributed by atoms with Gasteiger partial charge in [0.1, 0.15) is 0 Å². The second kappa shape index (κ2) is 5.40. The fourth-order valence-corrected chi connectivity index (χ4v) is 12.8. The maximum absolute atomic E-state index is 4.43. The van der Waals surface area contributed by atoms with E-state index in [4.69, 9.17) is 0 Å². The van der Waals surface area contributed by atoms with Crippen LogP contribution >= 0.6 is 68.7 Å². The van der Waals surface area contributed by atoms with Crippen LogP contribution in [-0.4, -0.2) is 39.9 Å². The third kappa shape index (κ3) is 2.54. The molecule has 3 heterocycles. The molecule has 16 heavy (non-hydrogen) atoms. The van der Waals surface area contributed by atoms with Crippen molar-refractivity contribution in [3.05, 3.63) is 25.8 Å². The van der Waals surface area contributed by atoms with Crippen LogP contribution in [0.25, 0.3) is 0 Å². The predicted molar refractivity (Wildman–Crippen MR) is 90.1 cm³/mol. The Hall–Kier alpha value is 1.76. The first-order valence-corrected chi connectivity index (χ1v) is 11.3. The van der Waals surface area contributed by atoms with Gasteiger partial charge < -0.3 is 0 Å². The number of nitrogens with zero attached hydrogens (tertiary/aromatic N) is 2. The Morgan fingerprint density at radius 2 is 1.44 bits per heavy atom. The molecule has 0 saturated carbocycles. The van der Waals surface area contributed by atoms with E-state index in [9.17, 15) is 0 Å². The number of hydrogen-bond donors (Lipinski definition) is 0. The zero-order chi connectivity index (χ0) is 11.1. The average Bonchev–Trinajstić information content (AvgIpc) is 2.83. The zero-order valence-electron chi connectivity index (χ0n) is 7.44. The van der Waals surface area contributed by atoms with Crippen molar-refractivity contribution < 1.29 is 0 Å². The van der Waals surface area contributed by atoms with Gasteiger partial charge in [0.15, 0.2) is 0 Å². The van der Waals surface area contributed by atoms with Crippen LogP contribution in [0.4, 0.5) is 0 Å². The van der Waals surface area contributed by atoms with Crippen LogP contribution in [0, 0.1) is 0 Å². The van der Waals surface area contributed by atoms with E-state index >= 15 is 0 Å². The summed E-state index contributed by atoms with van der Waals surface area (Å²) in [6.07, 6.45) is 3.62. The van der Waals surface area contributed by atoms with Gasteiger partial charge in [-0.1, -0.05) is 0 Å². The van der Waals surface area contributed by atoms with Crippen LogP contribution in [0.3, 0.4) is 0 Å². The van der Waals surface area contributed by atoms with Crippen LogP contribution in [0.1, 0.15) is 0 Å². The maximum atomic E-state index is 4.43. The quantitative estimate of drug-likeness (QED) is 0.335. The summed E-state index contributed by atoms with van der Waals surface area (Å²) in [6, 6.07) is 0. The molecule has 1 aromatic heterocycles. The van der Waals surface area contributed by atoms with E-state index < -0.39 is 0 Å². The Bertz CT molecular complexity index is 490. The van der Waals surface area contributed by atoms with Gasteiger partial charge in [-0.05, 0) is 0 Å². The summed E-state index contributed by atoms with van der Waals surface area (Å²) in [6.45, 7) is 0. The van der Waals surface area contributed by atoms with E-state index in [-0.39, 0.29) is 0 Å². The number of halogens is 2. The van der Waals surface area contributed by atoms with Gasteiger partial charge >= 0.3 is 144 Å². The molecule has 82 valence electrons. The standard InChI is InChI=1S/C8H2I2N2S2Se2/c9-3-4(10)14-7(13-3)8-15-5-6(16-8)12-2-1-11-5/h1-2H. The summed E-state index contributed by atoms with van der Waals surface area (Å²) < 4.78 is 8.42. The molecule has 2 aliphatic rings. The predicted octanol–water partition coefficient (Wildman–Crippen LogP) is 1.75. The van der Waals surface area contributed by atoms with Crippen LogP contribution in [0.5, 0.6) is 0 Å². The van der Waals surface area contributed by atoms with E-state index in [1.54, 1.807) is 3.37 Å². The molecule has 0 N–H and O–H groups in total. The van der Waals surface area contributed by atoms with Gasteiger partial charge in [-0.3, -0.25) is 0 Å². The van der Waals surface area contributed by atoms with E-state index in [0.717, 1.165) is 0 Å². The van der Waals surface area contributed by atoms with Gasteiger partial charge in [0.25, 0.3) is 0 Å². The molecular formula is C8H2I2N2S2Se2. The summed E-state index contributed by atoms with van der Waals surface area (Å²) in [5.41, 5.74) is 0. The molecule has 2 aliphatic heterocycles. The molecule has 8 heteroatoms. The van der Waals surface area contributed by atoms with Crippen LogP contribution in [0.15, 0.2) is 25.8 Å². The molecule has 0 atom stereocenters. The Balaban J connectivity index is 1.90. The number of aromatic nitrogens is 2. The molecule has 0 amide bonds. The SMILES string of the molecule is IC1=C(I)SC(=C2[Se]c3nccnc3[Se]2)S1. The van der Waals surface area contributed by atoms with Crippen molar-refractivity contribution in [2.45, 2.75) is 0 Å². The molecule has 0 unspecified atom stereocenters. The number of thioether (sulfide) groups is 2. The molecule has 1 aromatic rings. The molecule has 0 fully saturated rings. The van der Waals surface area contributed by atoms with Gasteiger partial charge in [0, 0.05) is 0 Å². The normalized spacial score (nSPS) is 19.6. The first kappa shape index (κ1) is 12.8. The summed E-state index contributed by atoms with van der Waals surface area (Å²) in [7, 11) is 0. The second-order valence-corrected chi connectivity index (χ2v) is 14.1. The zero-order valence-corrected chi connectivity index (χ0v) is 16.8. The molecule has 2 nitrogen and oxygen atoms in total. The Kier molecular flexibility index (Phi) is 4.31. The van der Waals surface area contributed by atoms with Crippen molar-refractivity contribution in [1.29, 1.82) is 0 Å². The van der Waals surface area contributed by atoms with Gasteiger partial charge in [-0.2, -0.15) is 0 Å². The van der Waals surface area contributed by atoms with Gasteiger partial charge in [-0.25, -0.2) is 0 Å². The molecule has 0 aromatic carbocycles. The van der Waals surface area contributed by atoms with Gasteiger partial charge in [0.05, 0.1) is 0 Å². The Morgan fingerprint density at radius 3 is 1.94 bits per heavy atom. The fraction of sp³-hybridized carbons (Fsp3) is 0. The Morgan fingerprint density at radius 1 is 0.938 bits per heavy atom. The van der Waals surface area contributed by atoms with Crippen molar-refractivity contribution in [2.24, 2.45) is 0 Å². The van der Waals surface area contributed by atoms with E-state index in [1.165, 1.54) is 19.2 Å². The van der Waals surface area contributed by atoms with Crippen molar-refractivity contribution in [3.63, 3.8) is 0 Å². The topological polar surface area (TPSA) is 25.8 Å². The van der Waals surface area contributed by atoms with Gasteiger partial charge in [-0.15, -0.1) is 0 Å². The molecule has 3 rings (SSSR count). The van der Waals surface area contributed by atoms with Crippen molar-refractivity contribution in [3.8, 4) is 0 Å². The molecule has 0 radical (unpaired) electrons. The van der Waals surface area contributed by atoms with E-state index in [0.29, 0.717) is 29.9 Å². The van der Waals surface area contributed by atoms with Gasteiger partial charge in [0.2, 0.25) is 0 Å². The summed E-state index contributed by atoms with van der Waals surface area (Å²) in [4.78, 5) is 8.86. The molecule has 0 bridgehead atoms. The van der Waals surface area contributed by atoms with Crippen LogP contribution < -0.4 is 9.18 Å². The molecule has 0 saturated heterocycles. The van der Waals surface area contributed by atoms with Crippen molar-refractivity contribution in [2.75, 3.05) is 0 Å². The summed E-state index contributed by atoms with van der Waals surface area (Å²) >= 11 is 9.51. The first-order chi connectivity index (χ1) is 7.74. The second-order valence-electron chi connectivity index (χ2n) is 2.70. The van der Waals surface area contributed by atoms with Crippen molar-refractivity contribution >= 4 is 108 Å². The summed E-state index contributed by atoms with van der Waals surface area (Å²) in [5.74, 6) is 0. The number of hydrogen-bond acceptors (Lipinski definition) is 4. The van der Waals surface area contributed by atoms with Crippen LogP contribution in [0.2, 0.25) is 0 Å². The molecule has 0 aliphatic carbocycles. The average molecular weight is 602 g/mol. The van der Waals surface area contributed by atoms with Crippen LogP contribution in [-0.2, 0) is 0 Å². The number of rotatable bonds is 0. The summed E-state index contributed by atoms with van der Waals surface area (Å²) in [5, 5.41) is 0. The third-order valence-electron chi connectivity index (χ3n) is 1.70. The van der Waals surface area contributed by atoms with Crippen molar-refractivity contribution in [1.82, 2.24) is 9.97 Å². The monoisotopic (exact) mass is 604 g/mol. The van der Waals surface area contributed by atoms with E-state index in [1.807, 2.05) is 35.9 Å². The first-order valence-electron chi connectivity index (χ1n) is 4.06. The Labute approximate surface area is 141 Å². The minimum atomic E-state index is 0.414. The molecular weight excluding hydrogens is 600 g/mol. The fourth-order valence-electron chi connectivity index (χ4n) is 1.08. The number of fused-ring (bicyclic) bond motifs is 1. The third-order valence-corrected chi connectivity index (χ3v) is 15.4. The van der Waals surface area contributed by atoms with E-state index in [2.05, 4.69) is 55.1 Å². The molecule has 0 spiro atoms.